The van der Waals surface area contributed by atoms with Gasteiger partial charge in [0.1, 0.15) is 0 Å². The van der Waals surface area contributed by atoms with E-state index in [9.17, 15) is 0 Å². The molecular formula is C26H48P2. The predicted octanol–water partition coefficient (Wildman–Crippen LogP) is 8.71. The van der Waals surface area contributed by atoms with Gasteiger partial charge >= 0.3 is 0 Å². The molecule has 0 aromatic carbocycles. The Morgan fingerprint density at radius 2 is 0.929 bits per heavy atom. The van der Waals surface area contributed by atoms with E-state index in [1.165, 1.54) is 12.8 Å². The van der Waals surface area contributed by atoms with Gasteiger partial charge in [-0.1, -0.05) is 52.4 Å². The van der Waals surface area contributed by atoms with Gasteiger partial charge in [-0.25, -0.2) is 0 Å². The van der Waals surface area contributed by atoms with Crippen LogP contribution in [0, 0.1) is 23.7 Å². The zero-order valence-electron chi connectivity index (χ0n) is 19.5. The molecule has 4 aliphatic rings. The Balaban J connectivity index is 1.38. The van der Waals surface area contributed by atoms with E-state index in [2.05, 4.69) is 27.2 Å². The molecule has 0 aromatic heterocycles. The third kappa shape index (κ3) is 4.40. The van der Waals surface area contributed by atoms with Crippen LogP contribution in [0.15, 0.2) is 0 Å². The Morgan fingerprint density at radius 1 is 0.607 bits per heavy atom. The molecule has 0 spiro atoms. The molecule has 4 rings (SSSR count). The molecule has 0 aromatic rings. The second-order valence-corrected chi connectivity index (χ2v) is 17.2. The summed E-state index contributed by atoms with van der Waals surface area (Å²) in [7, 11) is 0.431. The zero-order chi connectivity index (χ0) is 19.8. The van der Waals surface area contributed by atoms with Crippen LogP contribution < -0.4 is 0 Å². The number of rotatable bonds is 7. The van der Waals surface area contributed by atoms with Crippen LogP contribution in [-0.2, 0) is 0 Å². The summed E-state index contributed by atoms with van der Waals surface area (Å²) in [5.41, 5.74) is 0. The summed E-state index contributed by atoms with van der Waals surface area (Å²) in [6.07, 6.45) is 25.1. The first-order valence-corrected chi connectivity index (χ1v) is 16.9. The van der Waals surface area contributed by atoms with Crippen LogP contribution in [0.25, 0.3) is 0 Å². The van der Waals surface area contributed by atoms with Gasteiger partial charge in [-0.3, -0.25) is 0 Å². The van der Waals surface area contributed by atoms with E-state index in [0.717, 1.165) is 34.0 Å². The topological polar surface area (TPSA) is 0 Å². The van der Waals surface area contributed by atoms with E-state index < -0.39 is 0 Å². The standard InChI is InChI=1S/C26H48P2/c1-5-25(17-21-9-7-10-22(15-21)18-25)27(3)13-14-28(4)26(6-2)19-23-11-8-12-24(16-23)20-26/h21-24H,5-20H2,1-4H3/t21?,22?,23?,24?,25?,26?,27-,28-/m1/s1. The Hall–Kier alpha value is 0.860. The maximum absolute atomic E-state index is 2.73. The first-order chi connectivity index (χ1) is 13.5. The molecule has 0 radical (unpaired) electrons. The van der Waals surface area contributed by atoms with E-state index in [0.29, 0.717) is 0 Å². The van der Waals surface area contributed by atoms with Gasteiger partial charge in [0.05, 0.1) is 0 Å². The van der Waals surface area contributed by atoms with E-state index in [4.69, 9.17) is 0 Å². The van der Waals surface area contributed by atoms with Crippen molar-refractivity contribution in [2.45, 2.75) is 114 Å². The smallest absolute Gasteiger partial charge is 0.00941 e. The lowest BCUT2D eigenvalue weighted by Gasteiger charge is -2.52. The molecule has 0 heterocycles. The van der Waals surface area contributed by atoms with Crippen LogP contribution in [0.2, 0.25) is 0 Å². The second-order valence-electron chi connectivity index (χ2n) is 11.6. The second kappa shape index (κ2) is 9.15. The molecule has 0 saturated heterocycles. The third-order valence-electron chi connectivity index (χ3n) is 10.2. The fraction of sp³-hybridized carbons (Fsp3) is 1.00. The maximum Gasteiger partial charge on any atom is -0.00941 e. The number of hydrogen-bond acceptors (Lipinski definition) is 0. The molecule has 6 atom stereocenters. The largest absolute Gasteiger partial charge is 0.103 e. The highest BCUT2D eigenvalue weighted by Gasteiger charge is 2.46. The Kier molecular flexibility index (Phi) is 7.21. The Bertz CT molecular complexity index is 445. The van der Waals surface area contributed by atoms with E-state index >= 15 is 0 Å². The van der Waals surface area contributed by atoms with E-state index in [1.54, 1.807) is 89.4 Å². The Labute approximate surface area is 179 Å². The molecule has 4 unspecified atom stereocenters. The molecule has 4 saturated carbocycles. The molecule has 162 valence electrons. The lowest BCUT2D eigenvalue weighted by atomic mass is 9.67. The first kappa shape index (κ1) is 22.1. The van der Waals surface area contributed by atoms with Crippen molar-refractivity contribution < 1.29 is 0 Å². The highest BCUT2D eigenvalue weighted by atomic mass is 31.1. The molecule has 4 fully saturated rings. The average molecular weight is 423 g/mol. The van der Waals surface area contributed by atoms with Gasteiger partial charge in [-0.05, 0) is 111 Å². The van der Waals surface area contributed by atoms with Crippen molar-refractivity contribution in [1.29, 1.82) is 0 Å². The van der Waals surface area contributed by atoms with E-state index in [-0.39, 0.29) is 15.8 Å². The summed E-state index contributed by atoms with van der Waals surface area (Å²) >= 11 is 0. The minimum atomic E-state index is 0.215. The molecule has 0 aliphatic heterocycles. The van der Waals surface area contributed by atoms with Crippen LogP contribution in [-0.4, -0.2) is 36.0 Å². The van der Waals surface area contributed by atoms with Crippen LogP contribution >= 0.6 is 15.8 Å². The van der Waals surface area contributed by atoms with Crippen molar-refractivity contribution in [3.63, 3.8) is 0 Å². The van der Waals surface area contributed by atoms with Gasteiger partial charge in [0.25, 0.3) is 0 Å². The molecule has 0 nitrogen and oxygen atoms in total. The van der Waals surface area contributed by atoms with Gasteiger partial charge in [-0.15, -0.1) is 15.8 Å². The monoisotopic (exact) mass is 422 g/mol. The molecule has 0 amide bonds. The summed E-state index contributed by atoms with van der Waals surface area (Å²) in [6.45, 7) is 10.6. The molecular weight excluding hydrogens is 374 g/mol. The molecule has 28 heavy (non-hydrogen) atoms. The van der Waals surface area contributed by atoms with Gasteiger partial charge in [-0.2, -0.15) is 0 Å². The highest BCUT2D eigenvalue weighted by molar-refractivity contribution is 7.62. The number of hydrogen-bond donors (Lipinski definition) is 0. The predicted molar refractivity (Wildman–Crippen MR) is 131 cm³/mol. The van der Waals surface area contributed by atoms with Gasteiger partial charge in [0.15, 0.2) is 0 Å². The minimum Gasteiger partial charge on any atom is -0.103 e. The minimum absolute atomic E-state index is 0.215. The highest BCUT2D eigenvalue weighted by Crippen LogP contribution is 2.65. The van der Waals surface area contributed by atoms with E-state index in [1.807, 2.05) is 0 Å². The fourth-order valence-electron chi connectivity index (χ4n) is 8.38. The van der Waals surface area contributed by atoms with Gasteiger partial charge in [0.2, 0.25) is 0 Å². The summed E-state index contributed by atoms with van der Waals surface area (Å²) in [5, 5.41) is 1.53. The summed E-state index contributed by atoms with van der Waals surface area (Å²) in [5.74, 6) is 4.39. The van der Waals surface area contributed by atoms with Crippen LogP contribution in [0.1, 0.15) is 104 Å². The average Bonchev–Trinajstić information content (AvgIpc) is 2.70. The quantitative estimate of drug-likeness (QED) is 0.360. The van der Waals surface area contributed by atoms with Crippen molar-refractivity contribution in [2.75, 3.05) is 25.7 Å². The van der Waals surface area contributed by atoms with Crippen molar-refractivity contribution in [1.82, 2.24) is 0 Å². The lowest BCUT2D eigenvalue weighted by molar-refractivity contribution is 0.150. The third-order valence-corrected chi connectivity index (χ3v) is 16.9. The Morgan fingerprint density at radius 3 is 1.21 bits per heavy atom. The lowest BCUT2D eigenvalue weighted by Crippen LogP contribution is -2.41. The SMILES string of the molecule is CCC1([P@](C)CC[P@@](C)C2(CC)CC3CCCC(C3)C2)CC2CCCC(C2)C1. The summed E-state index contributed by atoms with van der Waals surface area (Å²) < 4.78 is 0. The normalized spacial score (nSPS) is 45.4. The van der Waals surface area contributed by atoms with Crippen molar-refractivity contribution in [3.05, 3.63) is 0 Å². The molecule has 0 N–H and O–H groups in total. The molecule has 4 bridgehead atoms. The van der Waals surface area contributed by atoms with Crippen molar-refractivity contribution in [3.8, 4) is 0 Å². The van der Waals surface area contributed by atoms with Crippen LogP contribution in [0.4, 0.5) is 0 Å². The van der Waals surface area contributed by atoms with Crippen LogP contribution in [0.3, 0.4) is 0 Å². The summed E-state index contributed by atoms with van der Waals surface area (Å²) in [6, 6.07) is 0. The molecule has 2 heteroatoms. The zero-order valence-corrected chi connectivity index (χ0v) is 21.3. The first-order valence-electron chi connectivity index (χ1n) is 12.9. The van der Waals surface area contributed by atoms with Crippen LogP contribution in [0.5, 0.6) is 0 Å². The van der Waals surface area contributed by atoms with Crippen molar-refractivity contribution >= 4 is 15.8 Å². The maximum atomic E-state index is 2.73. The fourth-order valence-corrected chi connectivity index (χ4v) is 15.1. The van der Waals surface area contributed by atoms with Crippen molar-refractivity contribution in [2.24, 2.45) is 23.7 Å². The molecule has 4 aliphatic carbocycles. The number of fused-ring (bicyclic) bond motifs is 4. The van der Waals surface area contributed by atoms with Gasteiger partial charge in [0, 0.05) is 0 Å². The summed E-state index contributed by atoms with van der Waals surface area (Å²) in [4.78, 5) is 0. The van der Waals surface area contributed by atoms with Gasteiger partial charge < -0.3 is 0 Å².